The van der Waals surface area contributed by atoms with Crippen LogP contribution in [-0.2, 0) is 11.2 Å². The summed E-state index contributed by atoms with van der Waals surface area (Å²) in [4.78, 5) is 12.1. The predicted molar refractivity (Wildman–Crippen MR) is 74.1 cm³/mol. The van der Waals surface area contributed by atoms with Crippen LogP contribution in [0.2, 0.25) is 0 Å². The molecule has 0 radical (unpaired) electrons. The van der Waals surface area contributed by atoms with Gasteiger partial charge in [0.2, 0.25) is 5.91 Å². The minimum Gasteiger partial charge on any atom is -0.399 e. The van der Waals surface area contributed by atoms with Crippen molar-refractivity contribution in [3.8, 4) is 0 Å². The number of carbonyl (C=O) groups excluding carboxylic acids is 1. The number of hydrogen-bond donors (Lipinski definition) is 2. The largest absolute Gasteiger partial charge is 0.399 e. The fourth-order valence-electron chi connectivity index (χ4n) is 2.74. The molecule has 3 N–H and O–H groups in total. The van der Waals surface area contributed by atoms with Gasteiger partial charge in [-0.2, -0.15) is 0 Å². The maximum absolute atomic E-state index is 12.1. The monoisotopic (exact) mass is 246 g/mol. The summed E-state index contributed by atoms with van der Waals surface area (Å²) in [7, 11) is 0. The van der Waals surface area contributed by atoms with Crippen LogP contribution in [0, 0.1) is 5.92 Å². The Morgan fingerprint density at radius 3 is 2.83 bits per heavy atom. The minimum atomic E-state index is 0.142. The number of nitrogens with one attached hydrogen (secondary N) is 1. The number of carbonyl (C=O) groups is 1. The molecule has 0 bridgehead atoms. The Labute approximate surface area is 109 Å². The summed E-state index contributed by atoms with van der Waals surface area (Å²) >= 11 is 0. The van der Waals surface area contributed by atoms with Crippen LogP contribution in [0.4, 0.5) is 5.69 Å². The van der Waals surface area contributed by atoms with E-state index in [1.807, 2.05) is 12.1 Å². The highest BCUT2D eigenvalue weighted by atomic mass is 16.1. The van der Waals surface area contributed by atoms with E-state index in [-0.39, 0.29) is 17.9 Å². The van der Waals surface area contributed by atoms with Crippen molar-refractivity contribution in [1.29, 1.82) is 0 Å². The summed E-state index contributed by atoms with van der Waals surface area (Å²) in [6.45, 7) is 4.13. The Hall–Kier alpha value is -1.51. The molecule has 1 amide bonds. The van der Waals surface area contributed by atoms with Gasteiger partial charge in [-0.25, -0.2) is 0 Å². The second-order valence-corrected chi connectivity index (χ2v) is 5.07. The van der Waals surface area contributed by atoms with Gasteiger partial charge in [-0.05, 0) is 48.9 Å². The van der Waals surface area contributed by atoms with Crippen molar-refractivity contribution >= 4 is 11.6 Å². The third-order valence-electron chi connectivity index (χ3n) is 3.92. The summed E-state index contributed by atoms with van der Waals surface area (Å²) in [5.41, 5.74) is 9.11. The van der Waals surface area contributed by atoms with Crippen molar-refractivity contribution in [3.05, 3.63) is 29.3 Å². The van der Waals surface area contributed by atoms with Gasteiger partial charge in [0.05, 0.1) is 6.04 Å². The number of aryl methyl sites for hydroxylation is 1. The number of fused-ring (bicyclic) bond motifs is 1. The number of nitrogen functional groups attached to an aromatic ring is 1. The van der Waals surface area contributed by atoms with Crippen molar-refractivity contribution in [2.45, 2.75) is 45.6 Å². The first-order valence-corrected chi connectivity index (χ1v) is 6.84. The summed E-state index contributed by atoms with van der Waals surface area (Å²) < 4.78 is 0. The normalized spacial score (nSPS) is 17.8. The molecule has 1 unspecified atom stereocenters. The number of benzene rings is 1. The number of amides is 1. The fraction of sp³-hybridized carbons (Fsp3) is 0.533. The molecule has 0 saturated heterocycles. The van der Waals surface area contributed by atoms with Gasteiger partial charge in [0, 0.05) is 11.6 Å². The number of hydrogen-bond acceptors (Lipinski definition) is 2. The lowest BCUT2D eigenvalue weighted by Crippen LogP contribution is -2.32. The van der Waals surface area contributed by atoms with Gasteiger partial charge in [-0.1, -0.05) is 19.9 Å². The first-order chi connectivity index (χ1) is 8.65. The Balaban J connectivity index is 2.08. The van der Waals surface area contributed by atoms with Gasteiger partial charge in [0.1, 0.15) is 0 Å². The average Bonchev–Trinajstić information content (AvgIpc) is 2.73. The molecule has 0 aromatic heterocycles. The van der Waals surface area contributed by atoms with Gasteiger partial charge in [0.25, 0.3) is 0 Å². The molecule has 0 spiro atoms. The summed E-state index contributed by atoms with van der Waals surface area (Å²) in [6.07, 6.45) is 3.81. The van der Waals surface area contributed by atoms with E-state index >= 15 is 0 Å². The van der Waals surface area contributed by atoms with Crippen LogP contribution in [0.5, 0.6) is 0 Å². The number of anilines is 1. The van der Waals surface area contributed by atoms with Crippen LogP contribution in [-0.4, -0.2) is 5.91 Å². The van der Waals surface area contributed by atoms with E-state index < -0.39 is 0 Å². The van der Waals surface area contributed by atoms with Gasteiger partial charge < -0.3 is 11.1 Å². The maximum atomic E-state index is 12.1. The van der Waals surface area contributed by atoms with Crippen molar-refractivity contribution < 1.29 is 4.79 Å². The zero-order valence-corrected chi connectivity index (χ0v) is 11.2. The van der Waals surface area contributed by atoms with E-state index in [0.717, 1.165) is 31.4 Å². The van der Waals surface area contributed by atoms with Gasteiger partial charge in [-0.3, -0.25) is 4.79 Å². The van der Waals surface area contributed by atoms with Crippen molar-refractivity contribution in [3.63, 3.8) is 0 Å². The van der Waals surface area contributed by atoms with Crippen LogP contribution < -0.4 is 11.1 Å². The van der Waals surface area contributed by atoms with Crippen LogP contribution in [0.15, 0.2) is 18.2 Å². The predicted octanol–water partition coefficient (Wildman–Crippen LogP) is 2.81. The third kappa shape index (κ3) is 2.50. The lowest BCUT2D eigenvalue weighted by molar-refractivity contribution is -0.125. The Morgan fingerprint density at radius 1 is 1.44 bits per heavy atom. The van der Waals surface area contributed by atoms with Gasteiger partial charge >= 0.3 is 0 Å². The summed E-state index contributed by atoms with van der Waals surface area (Å²) in [6, 6.07) is 6.17. The standard InChI is InChI=1S/C15H22N2O/c1-3-10(4-2)15(18)17-14-8-5-11-9-12(16)6-7-13(11)14/h6-7,9-10,14H,3-5,8,16H2,1-2H3,(H,17,18). The van der Waals surface area contributed by atoms with Crippen LogP contribution in [0.1, 0.15) is 50.3 Å². The summed E-state index contributed by atoms with van der Waals surface area (Å²) in [5.74, 6) is 0.331. The number of rotatable bonds is 4. The van der Waals surface area contributed by atoms with Crippen molar-refractivity contribution in [2.24, 2.45) is 5.92 Å². The Kier molecular flexibility index (Phi) is 3.90. The average molecular weight is 246 g/mol. The highest BCUT2D eigenvalue weighted by molar-refractivity contribution is 5.79. The third-order valence-corrected chi connectivity index (χ3v) is 3.92. The second-order valence-electron chi connectivity index (χ2n) is 5.07. The van der Waals surface area contributed by atoms with Crippen LogP contribution in [0.3, 0.4) is 0 Å². The topological polar surface area (TPSA) is 55.1 Å². The zero-order valence-electron chi connectivity index (χ0n) is 11.2. The highest BCUT2D eigenvalue weighted by Crippen LogP contribution is 2.32. The molecule has 0 heterocycles. The lowest BCUT2D eigenvalue weighted by Gasteiger charge is -2.18. The molecule has 3 nitrogen and oxygen atoms in total. The molecule has 1 aliphatic rings. The van der Waals surface area contributed by atoms with Gasteiger partial charge in [-0.15, -0.1) is 0 Å². The molecular formula is C15H22N2O. The molecule has 1 aromatic carbocycles. The Morgan fingerprint density at radius 2 is 2.17 bits per heavy atom. The summed E-state index contributed by atoms with van der Waals surface area (Å²) in [5, 5.41) is 3.18. The first kappa shape index (κ1) is 12.9. The van der Waals surface area contributed by atoms with Gasteiger partial charge in [0.15, 0.2) is 0 Å². The lowest BCUT2D eigenvalue weighted by atomic mass is 10.0. The van der Waals surface area contributed by atoms with Crippen LogP contribution >= 0.6 is 0 Å². The molecule has 0 aliphatic heterocycles. The van der Waals surface area contributed by atoms with E-state index in [2.05, 4.69) is 25.2 Å². The SMILES string of the molecule is CCC(CC)C(=O)NC1CCc2cc(N)ccc21. The molecule has 0 fully saturated rings. The van der Waals surface area contributed by atoms with E-state index in [9.17, 15) is 4.79 Å². The molecule has 1 aromatic rings. The molecule has 1 aliphatic carbocycles. The zero-order chi connectivity index (χ0) is 13.1. The maximum Gasteiger partial charge on any atom is 0.223 e. The quantitative estimate of drug-likeness (QED) is 0.803. The van der Waals surface area contributed by atoms with E-state index in [1.54, 1.807) is 0 Å². The molecule has 18 heavy (non-hydrogen) atoms. The molecule has 1 atom stereocenters. The smallest absolute Gasteiger partial charge is 0.223 e. The fourth-order valence-corrected chi connectivity index (χ4v) is 2.74. The molecule has 3 heteroatoms. The second kappa shape index (κ2) is 5.42. The minimum absolute atomic E-state index is 0.142. The van der Waals surface area contributed by atoms with E-state index in [1.165, 1.54) is 11.1 Å². The highest BCUT2D eigenvalue weighted by Gasteiger charge is 2.25. The Bertz CT molecular complexity index is 438. The molecule has 98 valence electrons. The number of nitrogens with two attached hydrogens (primary N) is 1. The van der Waals surface area contributed by atoms with Crippen molar-refractivity contribution in [2.75, 3.05) is 5.73 Å². The van der Waals surface area contributed by atoms with E-state index in [0.29, 0.717) is 0 Å². The molecular weight excluding hydrogens is 224 g/mol. The molecule has 2 rings (SSSR count). The van der Waals surface area contributed by atoms with E-state index in [4.69, 9.17) is 5.73 Å². The molecule has 0 saturated carbocycles. The first-order valence-electron chi connectivity index (χ1n) is 6.84. The van der Waals surface area contributed by atoms with Crippen molar-refractivity contribution in [1.82, 2.24) is 5.32 Å². The van der Waals surface area contributed by atoms with Crippen LogP contribution in [0.25, 0.3) is 0 Å².